The molecule has 2 N–H and O–H groups in total. The first kappa shape index (κ1) is 7.28. The van der Waals surface area contributed by atoms with Gasteiger partial charge in [0, 0.05) is 6.54 Å². The van der Waals surface area contributed by atoms with Gasteiger partial charge in [0.1, 0.15) is 0 Å². The molecule has 1 aliphatic heterocycles. The van der Waals surface area contributed by atoms with Crippen molar-refractivity contribution in [3.63, 3.8) is 0 Å². The van der Waals surface area contributed by atoms with Crippen molar-refractivity contribution in [2.75, 3.05) is 6.54 Å². The maximum atomic E-state index is 10.9. The maximum absolute atomic E-state index is 10.9. The Morgan fingerprint density at radius 3 is 3.00 bits per heavy atom. The molecule has 0 saturated carbocycles. The quantitative estimate of drug-likeness (QED) is 0.497. The van der Waals surface area contributed by atoms with Crippen LogP contribution in [0, 0.1) is 0 Å². The van der Waals surface area contributed by atoms with Crippen LogP contribution < -0.4 is 5.32 Å². The van der Waals surface area contributed by atoms with Crippen LogP contribution in [-0.4, -0.2) is 23.2 Å². The summed E-state index contributed by atoms with van der Waals surface area (Å²) in [6.07, 6.45) is 3.73. The van der Waals surface area contributed by atoms with Gasteiger partial charge in [-0.2, -0.15) is 0 Å². The van der Waals surface area contributed by atoms with Gasteiger partial charge in [0.2, 0.25) is 0 Å². The summed E-state index contributed by atoms with van der Waals surface area (Å²) in [5, 5.41) is 12.0. The van der Waals surface area contributed by atoms with Gasteiger partial charge in [-0.25, -0.2) is 0 Å². The Kier molecular flexibility index (Phi) is 1.76. The first-order valence-corrected chi connectivity index (χ1v) is 3.37. The van der Waals surface area contributed by atoms with E-state index in [0.717, 1.165) is 0 Å². The summed E-state index contributed by atoms with van der Waals surface area (Å²) in [6.45, 7) is 2.30. The van der Waals surface area contributed by atoms with Gasteiger partial charge in [0.25, 0.3) is 5.91 Å². The summed E-state index contributed by atoms with van der Waals surface area (Å²) >= 11 is 0. The Balaban J connectivity index is 2.81. The van der Waals surface area contributed by atoms with Crippen molar-refractivity contribution in [1.82, 2.24) is 5.32 Å². The molecule has 10 heavy (non-hydrogen) atoms. The molecule has 0 aromatic heterocycles. The van der Waals surface area contributed by atoms with E-state index in [1.807, 2.05) is 0 Å². The molecule has 0 radical (unpaired) electrons. The van der Waals surface area contributed by atoms with E-state index in [1.54, 1.807) is 19.1 Å². The number of aliphatic hydroxyl groups is 1. The second kappa shape index (κ2) is 2.42. The average molecular weight is 141 g/mol. The standard InChI is InChI=1S/C7H11NO2/c1-2-7(10)4-3-5-8-6(7)9/h3-4,10H,2,5H2,1H3,(H,8,9)/t7-/m1/s1. The number of amides is 1. The zero-order valence-corrected chi connectivity index (χ0v) is 5.92. The van der Waals surface area contributed by atoms with Crippen LogP contribution in [0.2, 0.25) is 0 Å². The average Bonchev–Trinajstić information content (AvgIpc) is 1.96. The molecule has 0 bridgehead atoms. The lowest BCUT2D eigenvalue weighted by atomic mass is 9.97. The van der Waals surface area contributed by atoms with Gasteiger partial charge in [-0.05, 0) is 12.5 Å². The lowest BCUT2D eigenvalue weighted by Gasteiger charge is -2.24. The number of nitrogens with one attached hydrogen (secondary N) is 1. The molecule has 3 heteroatoms. The van der Waals surface area contributed by atoms with Crippen molar-refractivity contribution in [2.24, 2.45) is 0 Å². The highest BCUT2D eigenvalue weighted by molar-refractivity contribution is 5.88. The minimum absolute atomic E-state index is 0.294. The largest absolute Gasteiger partial charge is 0.376 e. The van der Waals surface area contributed by atoms with E-state index in [2.05, 4.69) is 5.32 Å². The number of rotatable bonds is 1. The minimum atomic E-state index is -1.25. The molecule has 1 rings (SSSR count). The molecule has 0 spiro atoms. The van der Waals surface area contributed by atoms with E-state index in [9.17, 15) is 9.90 Å². The highest BCUT2D eigenvalue weighted by Crippen LogP contribution is 2.13. The fraction of sp³-hybridized carbons (Fsp3) is 0.571. The maximum Gasteiger partial charge on any atom is 0.256 e. The van der Waals surface area contributed by atoms with Gasteiger partial charge in [-0.15, -0.1) is 0 Å². The van der Waals surface area contributed by atoms with Gasteiger partial charge in [-0.3, -0.25) is 4.79 Å². The van der Waals surface area contributed by atoms with Gasteiger partial charge in [-0.1, -0.05) is 13.0 Å². The second-order valence-corrected chi connectivity index (χ2v) is 2.39. The predicted octanol–water partition coefficient (Wildman–Crippen LogP) is -0.187. The molecule has 3 nitrogen and oxygen atoms in total. The summed E-state index contributed by atoms with van der Waals surface area (Å²) in [6, 6.07) is 0. The molecule has 0 aliphatic carbocycles. The molecule has 1 atom stereocenters. The van der Waals surface area contributed by atoms with Crippen LogP contribution >= 0.6 is 0 Å². The van der Waals surface area contributed by atoms with Crippen molar-refractivity contribution in [3.05, 3.63) is 12.2 Å². The van der Waals surface area contributed by atoms with Crippen LogP contribution in [0.1, 0.15) is 13.3 Å². The summed E-state index contributed by atoms with van der Waals surface area (Å²) in [4.78, 5) is 10.9. The van der Waals surface area contributed by atoms with Crippen molar-refractivity contribution < 1.29 is 9.90 Å². The fourth-order valence-electron chi connectivity index (χ4n) is 0.913. The lowest BCUT2D eigenvalue weighted by molar-refractivity contribution is -0.135. The van der Waals surface area contributed by atoms with E-state index in [4.69, 9.17) is 0 Å². The van der Waals surface area contributed by atoms with E-state index < -0.39 is 5.60 Å². The minimum Gasteiger partial charge on any atom is -0.376 e. The van der Waals surface area contributed by atoms with Crippen LogP contribution in [0.5, 0.6) is 0 Å². The van der Waals surface area contributed by atoms with Crippen molar-refractivity contribution in [2.45, 2.75) is 18.9 Å². The van der Waals surface area contributed by atoms with Gasteiger partial charge in [0.05, 0.1) is 0 Å². The Morgan fingerprint density at radius 1 is 1.90 bits per heavy atom. The van der Waals surface area contributed by atoms with Gasteiger partial charge in [0.15, 0.2) is 5.60 Å². The number of carbonyl (C=O) groups is 1. The number of hydrogen-bond donors (Lipinski definition) is 2. The first-order valence-electron chi connectivity index (χ1n) is 3.37. The van der Waals surface area contributed by atoms with Crippen molar-refractivity contribution in [1.29, 1.82) is 0 Å². The van der Waals surface area contributed by atoms with E-state index >= 15 is 0 Å². The zero-order chi connectivity index (χ0) is 7.61. The van der Waals surface area contributed by atoms with Crippen LogP contribution in [0.25, 0.3) is 0 Å². The van der Waals surface area contributed by atoms with E-state index in [1.165, 1.54) is 0 Å². The third kappa shape index (κ3) is 1.04. The number of hydrogen-bond acceptors (Lipinski definition) is 2. The van der Waals surface area contributed by atoms with Crippen molar-refractivity contribution in [3.8, 4) is 0 Å². The summed E-state index contributed by atoms with van der Waals surface area (Å²) in [7, 11) is 0. The highest BCUT2D eigenvalue weighted by atomic mass is 16.3. The molecular weight excluding hydrogens is 130 g/mol. The van der Waals surface area contributed by atoms with Crippen LogP contribution in [0.3, 0.4) is 0 Å². The molecule has 56 valence electrons. The van der Waals surface area contributed by atoms with E-state index in [0.29, 0.717) is 13.0 Å². The Bertz CT molecular complexity index is 176. The molecule has 0 saturated heterocycles. The molecule has 1 amide bonds. The fourth-order valence-corrected chi connectivity index (χ4v) is 0.913. The Hall–Kier alpha value is -0.830. The summed E-state index contributed by atoms with van der Waals surface area (Å²) in [5.74, 6) is -0.294. The highest BCUT2D eigenvalue weighted by Gasteiger charge is 2.32. The van der Waals surface area contributed by atoms with E-state index in [-0.39, 0.29) is 5.91 Å². The normalized spacial score (nSPS) is 32.0. The molecule has 0 aromatic rings. The molecule has 1 heterocycles. The molecule has 0 fully saturated rings. The Morgan fingerprint density at radius 2 is 2.60 bits per heavy atom. The summed E-state index contributed by atoms with van der Waals surface area (Å²) < 4.78 is 0. The van der Waals surface area contributed by atoms with Crippen LogP contribution in [-0.2, 0) is 4.79 Å². The SMILES string of the molecule is CC[C@@]1(O)C=CCNC1=O. The van der Waals surface area contributed by atoms with Gasteiger partial charge < -0.3 is 10.4 Å². The molecule has 0 aromatic carbocycles. The third-order valence-corrected chi connectivity index (χ3v) is 1.71. The lowest BCUT2D eigenvalue weighted by Crippen LogP contribution is -2.47. The van der Waals surface area contributed by atoms with Crippen molar-refractivity contribution >= 4 is 5.91 Å². The molecular formula is C7H11NO2. The van der Waals surface area contributed by atoms with Crippen LogP contribution in [0.15, 0.2) is 12.2 Å². The first-order chi connectivity index (χ1) is 4.69. The predicted molar refractivity (Wildman–Crippen MR) is 37.4 cm³/mol. The Labute approximate surface area is 59.7 Å². The molecule has 0 unspecified atom stereocenters. The smallest absolute Gasteiger partial charge is 0.256 e. The second-order valence-electron chi connectivity index (χ2n) is 2.39. The summed E-state index contributed by atoms with van der Waals surface area (Å²) in [5.41, 5.74) is -1.25. The topological polar surface area (TPSA) is 49.3 Å². The van der Waals surface area contributed by atoms with Crippen LogP contribution in [0.4, 0.5) is 0 Å². The van der Waals surface area contributed by atoms with Gasteiger partial charge >= 0.3 is 0 Å². The number of carbonyl (C=O) groups excluding carboxylic acids is 1. The monoisotopic (exact) mass is 141 g/mol. The molecule has 1 aliphatic rings. The zero-order valence-electron chi connectivity index (χ0n) is 5.92. The third-order valence-electron chi connectivity index (χ3n) is 1.71.